The lowest BCUT2D eigenvalue weighted by atomic mass is 10.0. The highest BCUT2D eigenvalue weighted by Gasteiger charge is 2.15. The summed E-state index contributed by atoms with van der Waals surface area (Å²) in [5.41, 5.74) is 3.68. The van der Waals surface area contributed by atoms with Crippen LogP contribution in [0.5, 0.6) is 0 Å². The van der Waals surface area contributed by atoms with Crippen LogP contribution in [0.1, 0.15) is 0 Å². The minimum atomic E-state index is -0.107. The predicted molar refractivity (Wildman–Crippen MR) is 125 cm³/mol. The van der Waals surface area contributed by atoms with Gasteiger partial charge in [0.15, 0.2) is 11.0 Å². The monoisotopic (exact) mass is 427 g/mol. The van der Waals surface area contributed by atoms with Crippen LogP contribution < -0.4 is 5.32 Å². The number of nitrogens with one attached hydrogen (secondary N) is 1. The number of anilines is 1. The van der Waals surface area contributed by atoms with E-state index in [2.05, 4.69) is 27.1 Å². The SMILES string of the molecule is C=CCn1c(SCC(=O)Nc2ccccc2-c2ccccc2)nnc1-c1cccnc1. The first kappa shape index (κ1) is 20.6. The van der Waals surface area contributed by atoms with E-state index in [0.29, 0.717) is 17.5 Å². The van der Waals surface area contributed by atoms with Crippen molar-refractivity contribution in [3.63, 3.8) is 0 Å². The number of nitrogens with zero attached hydrogens (tertiary/aromatic N) is 4. The van der Waals surface area contributed by atoms with Crippen molar-refractivity contribution in [3.05, 3.63) is 91.8 Å². The third-order valence-electron chi connectivity index (χ3n) is 4.57. The van der Waals surface area contributed by atoms with Crippen LogP contribution in [0, 0.1) is 0 Å². The van der Waals surface area contributed by atoms with Crippen LogP contribution in [0.2, 0.25) is 0 Å². The van der Waals surface area contributed by atoms with E-state index in [9.17, 15) is 4.79 Å². The maximum Gasteiger partial charge on any atom is 0.234 e. The molecule has 7 heteroatoms. The van der Waals surface area contributed by atoms with Gasteiger partial charge in [-0.1, -0.05) is 66.4 Å². The summed E-state index contributed by atoms with van der Waals surface area (Å²) in [4.78, 5) is 16.8. The number of para-hydroxylation sites is 1. The van der Waals surface area contributed by atoms with Gasteiger partial charge in [0.2, 0.25) is 5.91 Å². The summed E-state index contributed by atoms with van der Waals surface area (Å²) in [6.45, 7) is 4.36. The van der Waals surface area contributed by atoms with Gasteiger partial charge in [-0.25, -0.2) is 0 Å². The molecule has 1 N–H and O–H groups in total. The van der Waals surface area contributed by atoms with Crippen LogP contribution in [-0.2, 0) is 11.3 Å². The second-order valence-corrected chi connectivity index (χ2v) is 7.64. The number of hydrogen-bond donors (Lipinski definition) is 1. The van der Waals surface area contributed by atoms with Crippen molar-refractivity contribution >= 4 is 23.4 Å². The normalized spacial score (nSPS) is 10.6. The van der Waals surface area contributed by atoms with Gasteiger partial charge >= 0.3 is 0 Å². The van der Waals surface area contributed by atoms with Crippen molar-refractivity contribution in [2.45, 2.75) is 11.7 Å². The Hall–Kier alpha value is -3.71. The van der Waals surface area contributed by atoms with Gasteiger partial charge in [0, 0.05) is 35.8 Å². The zero-order valence-electron chi connectivity index (χ0n) is 16.8. The molecule has 0 spiro atoms. The molecule has 1 amide bonds. The number of carbonyl (C=O) groups excluding carboxylic acids is 1. The summed E-state index contributed by atoms with van der Waals surface area (Å²) < 4.78 is 1.93. The third-order valence-corrected chi connectivity index (χ3v) is 5.53. The highest BCUT2D eigenvalue weighted by atomic mass is 32.2. The van der Waals surface area contributed by atoms with Crippen molar-refractivity contribution in [3.8, 4) is 22.5 Å². The molecule has 0 radical (unpaired) electrons. The highest BCUT2D eigenvalue weighted by molar-refractivity contribution is 7.99. The van der Waals surface area contributed by atoms with Crippen LogP contribution in [0.4, 0.5) is 5.69 Å². The van der Waals surface area contributed by atoms with Crippen LogP contribution in [0.25, 0.3) is 22.5 Å². The Morgan fingerprint density at radius 1 is 1.00 bits per heavy atom. The van der Waals surface area contributed by atoms with Crippen molar-refractivity contribution in [1.29, 1.82) is 0 Å². The van der Waals surface area contributed by atoms with Crippen LogP contribution in [-0.4, -0.2) is 31.4 Å². The lowest BCUT2D eigenvalue weighted by Crippen LogP contribution is -2.15. The molecule has 0 aliphatic carbocycles. The molecule has 2 aromatic carbocycles. The van der Waals surface area contributed by atoms with Crippen molar-refractivity contribution in [1.82, 2.24) is 19.7 Å². The zero-order chi connectivity index (χ0) is 21.5. The molecule has 6 nitrogen and oxygen atoms in total. The molecular formula is C24H21N5OS. The molecule has 0 unspecified atom stereocenters. The number of hydrogen-bond acceptors (Lipinski definition) is 5. The van der Waals surface area contributed by atoms with Gasteiger partial charge in [-0.3, -0.25) is 14.3 Å². The van der Waals surface area contributed by atoms with E-state index in [-0.39, 0.29) is 11.7 Å². The average molecular weight is 428 g/mol. The van der Waals surface area contributed by atoms with E-state index in [1.165, 1.54) is 11.8 Å². The molecule has 0 aliphatic rings. The van der Waals surface area contributed by atoms with Crippen molar-refractivity contribution < 1.29 is 4.79 Å². The molecule has 4 aromatic rings. The van der Waals surface area contributed by atoms with E-state index in [1.807, 2.05) is 71.3 Å². The zero-order valence-corrected chi connectivity index (χ0v) is 17.6. The largest absolute Gasteiger partial charge is 0.325 e. The quantitative estimate of drug-likeness (QED) is 0.319. The van der Waals surface area contributed by atoms with Crippen LogP contribution >= 0.6 is 11.8 Å². The van der Waals surface area contributed by atoms with E-state index >= 15 is 0 Å². The average Bonchev–Trinajstić information content (AvgIpc) is 3.22. The molecule has 0 saturated heterocycles. The molecule has 4 rings (SSSR count). The van der Waals surface area contributed by atoms with Gasteiger partial charge in [-0.05, 0) is 23.8 Å². The van der Waals surface area contributed by atoms with Crippen LogP contribution in [0.3, 0.4) is 0 Å². The smallest absolute Gasteiger partial charge is 0.234 e. The van der Waals surface area contributed by atoms with Crippen molar-refractivity contribution in [2.75, 3.05) is 11.1 Å². The van der Waals surface area contributed by atoms with Gasteiger partial charge in [0.25, 0.3) is 0 Å². The fraction of sp³-hybridized carbons (Fsp3) is 0.0833. The first-order chi connectivity index (χ1) is 15.3. The van der Waals surface area contributed by atoms with Gasteiger partial charge in [0.1, 0.15) is 0 Å². The second kappa shape index (κ2) is 9.86. The van der Waals surface area contributed by atoms with Crippen LogP contribution in [0.15, 0.2) is 96.9 Å². The fourth-order valence-electron chi connectivity index (χ4n) is 3.18. The molecule has 0 saturated carbocycles. The van der Waals surface area contributed by atoms with Gasteiger partial charge < -0.3 is 5.32 Å². The molecule has 0 bridgehead atoms. The number of allylic oxidation sites excluding steroid dienone is 1. The number of aromatic nitrogens is 4. The van der Waals surface area contributed by atoms with E-state index in [1.54, 1.807) is 18.5 Å². The maximum absolute atomic E-state index is 12.7. The predicted octanol–water partition coefficient (Wildman–Crippen LogP) is 4.92. The van der Waals surface area contributed by atoms with Gasteiger partial charge in [0.05, 0.1) is 5.75 Å². The maximum atomic E-state index is 12.7. The molecule has 31 heavy (non-hydrogen) atoms. The topological polar surface area (TPSA) is 72.7 Å². The number of rotatable bonds is 8. The molecule has 0 fully saturated rings. The number of thioether (sulfide) groups is 1. The van der Waals surface area contributed by atoms with Crippen molar-refractivity contribution in [2.24, 2.45) is 0 Å². The minimum absolute atomic E-state index is 0.107. The first-order valence-corrected chi connectivity index (χ1v) is 10.8. The fourth-order valence-corrected chi connectivity index (χ4v) is 3.92. The minimum Gasteiger partial charge on any atom is -0.325 e. The number of pyridine rings is 1. The second-order valence-electron chi connectivity index (χ2n) is 6.70. The Morgan fingerprint density at radius 2 is 1.77 bits per heavy atom. The summed E-state index contributed by atoms with van der Waals surface area (Å²) in [6, 6.07) is 21.6. The molecule has 154 valence electrons. The molecule has 2 aromatic heterocycles. The van der Waals surface area contributed by atoms with E-state index in [0.717, 1.165) is 22.4 Å². The van der Waals surface area contributed by atoms with E-state index in [4.69, 9.17) is 0 Å². The summed E-state index contributed by atoms with van der Waals surface area (Å²) in [6.07, 6.45) is 5.24. The molecule has 0 aliphatic heterocycles. The lowest BCUT2D eigenvalue weighted by Gasteiger charge is -2.11. The number of amides is 1. The Labute approximate surface area is 185 Å². The molecule has 0 atom stereocenters. The highest BCUT2D eigenvalue weighted by Crippen LogP contribution is 2.28. The standard InChI is InChI=1S/C24H21N5OS/c1-2-15-29-23(19-11-8-14-25-16-19)27-28-24(29)31-17-22(30)26-21-13-7-6-12-20(21)18-9-4-3-5-10-18/h2-14,16H,1,15,17H2,(H,26,30). The summed E-state index contributed by atoms with van der Waals surface area (Å²) in [5, 5.41) is 12.2. The summed E-state index contributed by atoms with van der Waals surface area (Å²) in [7, 11) is 0. The van der Waals surface area contributed by atoms with E-state index < -0.39 is 0 Å². The molecule has 2 heterocycles. The lowest BCUT2D eigenvalue weighted by molar-refractivity contribution is -0.113. The Balaban J connectivity index is 1.48. The summed E-state index contributed by atoms with van der Waals surface area (Å²) >= 11 is 1.34. The Bertz CT molecular complexity index is 1180. The first-order valence-electron chi connectivity index (χ1n) is 9.78. The third kappa shape index (κ3) is 4.90. The summed E-state index contributed by atoms with van der Waals surface area (Å²) in [5.74, 6) is 0.806. The molecular weight excluding hydrogens is 406 g/mol. The van der Waals surface area contributed by atoms with Gasteiger partial charge in [-0.2, -0.15) is 0 Å². The Morgan fingerprint density at radius 3 is 2.55 bits per heavy atom. The Kier molecular flexibility index (Phi) is 6.54. The van der Waals surface area contributed by atoms with Gasteiger partial charge in [-0.15, -0.1) is 16.8 Å². The number of carbonyl (C=O) groups is 1. The number of benzene rings is 2.